The number of methoxy groups -OCH3 is 2. The summed E-state index contributed by atoms with van der Waals surface area (Å²) in [6, 6.07) is 5.63. The fourth-order valence-electron chi connectivity index (χ4n) is 3.17. The second kappa shape index (κ2) is 5.48. The zero-order valence-corrected chi connectivity index (χ0v) is 13.3. The third kappa shape index (κ3) is 2.17. The lowest BCUT2D eigenvalue weighted by Crippen LogP contribution is -2.19. The SMILES string of the molecule is COc1cccc(-c2nn(C)c3c2C(=O)C[C@H](C)C3)c1OC. The van der Waals surface area contributed by atoms with Gasteiger partial charge in [0.15, 0.2) is 17.3 Å². The van der Waals surface area contributed by atoms with Crippen LogP contribution in [0.4, 0.5) is 0 Å². The van der Waals surface area contributed by atoms with Crippen molar-refractivity contribution in [1.29, 1.82) is 0 Å². The average molecular weight is 300 g/mol. The fourth-order valence-corrected chi connectivity index (χ4v) is 3.17. The van der Waals surface area contributed by atoms with Crippen LogP contribution in [0.1, 0.15) is 29.4 Å². The maximum atomic E-state index is 12.5. The van der Waals surface area contributed by atoms with Crippen LogP contribution in [0.25, 0.3) is 11.3 Å². The molecular weight excluding hydrogens is 280 g/mol. The first kappa shape index (κ1) is 14.6. The number of nitrogens with zero attached hydrogens (tertiary/aromatic N) is 2. The Bertz CT molecular complexity index is 734. The molecule has 0 N–H and O–H groups in total. The van der Waals surface area contributed by atoms with Gasteiger partial charge in [-0.25, -0.2) is 0 Å². The Kier molecular flexibility index (Phi) is 3.64. The smallest absolute Gasteiger partial charge is 0.170 e. The van der Waals surface area contributed by atoms with Crippen LogP contribution in [0.5, 0.6) is 11.5 Å². The van der Waals surface area contributed by atoms with E-state index in [1.54, 1.807) is 14.2 Å². The average Bonchev–Trinajstić information content (AvgIpc) is 2.83. The van der Waals surface area contributed by atoms with Gasteiger partial charge in [-0.3, -0.25) is 9.48 Å². The number of fused-ring (bicyclic) bond motifs is 1. The van der Waals surface area contributed by atoms with E-state index in [-0.39, 0.29) is 5.78 Å². The number of ether oxygens (including phenoxy) is 2. The molecule has 5 nitrogen and oxygen atoms in total. The standard InChI is InChI=1S/C17H20N2O3/c1-10-8-12-15(13(20)9-10)16(18-19(12)2)11-6-5-7-14(21-3)17(11)22-4/h5-7,10H,8-9H2,1-4H3/t10-/m1/s1. The molecule has 0 aliphatic heterocycles. The molecular formula is C17H20N2O3. The molecule has 0 unspecified atom stereocenters. The van der Waals surface area contributed by atoms with Crippen molar-refractivity contribution in [1.82, 2.24) is 9.78 Å². The molecule has 0 saturated heterocycles. The van der Waals surface area contributed by atoms with Crippen molar-refractivity contribution in [3.05, 3.63) is 29.5 Å². The first-order valence-corrected chi connectivity index (χ1v) is 7.37. The van der Waals surface area contributed by atoms with Gasteiger partial charge in [-0.05, 0) is 24.5 Å². The number of Topliss-reactive ketones (excluding diaryl/α,β-unsaturated/α-hetero) is 1. The Balaban J connectivity index is 2.23. The van der Waals surface area contributed by atoms with Gasteiger partial charge in [0, 0.05) is 24.7 Å². The van der Waals surface area contributed by atoms with Gasteiger partial charge in [-0.15, -0.1) is 0 Å². The molecule has 0 amide bonds. The number of hydrogen-bond donors (Lipinski definition) is 0. The highest BCUT2D eigenvalue weighted by Crippen LogP contribution is 2.41. The maximum Gasteiger partial charge on any atom is 0.170 e. The van der Waals surface area contributed by atoms with Gasteiger partial charge in [0.2, 0.25) is 0 Å². The molecule has 116 valence electrons. The summed E-state index contributed by atoms with van der Waals surface area (Å²) in [5, 5.41) is 4.59. The molecule has 0 fully saturated rings. The van der Waals surface area contributed by atoms with Gasteiger partial charge in [0.25, 0.3) is 0 Å². The molecule has 1 aliphatic rings. The van der Waals surface area contributed by atoms with Gasteiger partial charge < -0.3 is 9.47 Å². The second-order valence-electron chi connectivity index (χ2n) is 5.77. The van der Waals surface area contributed by atoms with E-state index < -0.39 is 0 Å². The fraction of sp³-hybridized carbons (Fsp3) is 0.412. The molecule has 0 saturated carbocycles. The first-order valence-electron chi connectivity index (χ1n) is 7.37. The van der Waals surface area contributed by atoms with Gasteiger partial charge in [-0.2, -0.15) is 5.10 Å². The monoisotopic (exact) mass is 300 g/mol. The maximum absolute atomic E-state index is 12.5. The normalized spacial score (nSPS) is 17.3. The van der Waals surface area contributed by atoms with Crippen molar-refractivity contribution in [2.75, 3.05) is 14.2 Å². The minimum atomic E-state index is 0.154. The summed E-state index contributed by atoms with van der Waals surface area (Å²) in [6.45, 7) is 2.10. The van der Waals surface area contributed by atoms with Gasteiger partial charge in [0.05, 0.1) is 19.8 Å². The number of para-hydroxylation sites is 1. The molecule has 0 bridgehead atoms. The van der Waals surface area contributed by atoms with Crippen LogP contribution >= 0.6 is 0 Å². The topological polar surface area (TPSA) is 53.4 Å². The van der Waals surface area contributed by atoms with Crippen molar-refractivity contribution < 1.29 is 14.3 Å². The molecule has 1 aliphatic carbocycles. The molecule has 0 spiro atoms. The highest BCUT2D eigenvalue weighted by molar-refractivity contribution is 6.04. The molecule has 5 heteroatoms. The number of ketones is 1. The molecule has 1 aromatic heterocycles. The van der Waals surface area contributed by atoms with Crippen molar-refractivity contribution in [2.24, 2.45) is 13.0 Å². The Hall–Kier alpha value is -2.30. The van der Waals surface area contributed by atoms with Gasteiger partial charge in [0.1, 0.15) is 5.69 Å². The number of rotatable bonds is 3. The lowest BCUT2D eigenvalue weighted by Gasteiger charge is -2.18. The minimum Gasteiger partial charge on any atom is -0.493 e. The molecule has 0 radical (unpaired) electrons. The number of aryl methyl sites for hydroxylation is 1. The number of carbonyl (C=O) groups is 1. The Labute approximate surface area is 129 Å². The van der Waals surface area contributed by atoms with Crippen LogP contribution in [0.15, 0.2) is 18.2 Å². The van der Waals surface area contributed by atoms with E-state index in [9.17, 15) is 4.79 Å². The van der Waals surface area contributed by atoms with Crippen molar-refractivity contribution >= 4 is 5.78 Å². The summed E-state index contributed by atoms with van der Waals surface area (Å²) in [5.41, 5.74) is 3.21. The molecule has 2 aromatic rings. The summed E-state index contributed by atoms with van der Waals surface area (Å²) in [5.74, 6) is 1.76. The summed E-state index contributed by atoms with van der Waals surface area (Å²) >= 11 is 0. The van der Waals surface area contributed by atoms with E-state index in [4.69, 9.17) is 9.47 Å². The molecule has 22 heavy (non-hydrogen) atoms. The van der Waals surface area contributed by atoms with Crippen LogP contribution in [0.2, 0.25) is 0 Å². The predicted molar refractivity (Wildman–Crippen MR) is 83.6 cm³/mol. The summed E-state index contributed by atoms with van der Waals surface area (Å²) in [6.07, 6.45) is 1.44. The van der Waals surface area contributed by atoms with Crippen LogP contribution in [-0.2, 0) is 13.5 Å². The van der Waals surface area contributed by atoms with E-state index in [0.717, 1.165) is 23.2 Å². The minimum absolute atomic E-state index is 0.154. The number of benzene rings is 1. The van der Waals surface area contributed by atoms with Crippen molar-refractivity contribution in [2.45, 2.75) is 19.8 Å². The Morgan fingerprint density at radius 2 is 2.00 bits per heavy atom. The van der Waals surface area contributed by atoms with Gasteiger partial charge in [-0.1, -0.05) is 13.0 Å². The number of aromatic nitrogens is 2. The molecule has 3 rings (SSSR count). The number of carbonyl (C=O) groups excluding carboxylic acids is 1. The third-order valence-electron chi connectivity index (χ3n) is 4.18. The Morgan fingerprint density at radius 3 is 2.68 bits per heavy atom. The lowest BCUT2D eigenvalue weighted by atomic mass is 9.86. The quantitative estimate of drug-likeness (QED) is 0.874. The van der Waals surface area contributed by atoms with E-state index in [1.807, 2.05) is 29.9 Å². The summed E-state index contributed by atoms with van der Waals surface area (Å²) in [7, 11) is 5.09. The van der Waals surface area contributed by atoms with E-state index in [1.165, 1.54) is 0 Å². The zero-order valence-electron chi connectivity index (χ0n) is 13.3. The largest absolute Gasteiger partial charge is 0.493 e. The van der Waals surface area contributed by atoms with E-state index >= 15 is 0 Å². The number of hydrogen-bond acceptors (Lipinski definition) is 4. The van der Waals surface area contributed by atoms with Crippen LogP contribution in [-0.4, -0.2) is 29.8 Å². The molecule has 1 heterocycles. The first-order chi connectivity index (χ1) is 10.6. The van der Waals surface area contributed by atoms with Crippen LogP contribution < -0.4 is 9.47 Å². The van der Waals surface area contributed by atoms with E-state index in [0.29, 0.717) is 29.5 Å². The lowest BCUT2D eigenvalue weighted by molar-refractivity contribution is 0.0953. The molecule has 1 aromatic carbocycles. The van der Waals surface area contributed by atoms with Crippen LogP contribution in [0.3, 0.4) is 0 Å². The van der Waals surface area contributed by atoms with Crippen molar-refractivity contribution in [3.8, 4) is 22.8 Å². The molecule has 1 atom stereocenters. The summed E-state index contributed by atoms with van der Waals surface area (Å²) < 4.78 is 12.7. The third-order valence-corrected chi connectivity index (χ3v) is 4.18. The highest BCUT2D eigenvalue weighted by Gasteiger charge is 2.31. The van der Waals surface area contributed by atoms with Gasteiger partial charge >= 0.3 is 0 Å². The summed E-state index contributed by atoms with van der Waals surface area (Å²) in [4.78, 5) is 12.5. The highest BCUT2D eigenvalue weighted by atomic mass is 16.5. The van der Waals surface area contributed by atoms with E-state index in [2.05, 4.69) is 12.0 Å². The van der Waals surface area contributed by atoms with Crippen LogP contribution in [0, 0.1) is 5.92 Å². The Morgan fingerprint density at radius 1 is 1.23 bits per heavy atom. The predicted octanol–water partition coefficient (Wildman–Crippen LogP) is 2.87. The van der Waals surface area contributed by atoms with Crippen molar-refractivity contribution in [3.63, 3.8) is 0 Å². The zero-order chi connectivity index (χ0) is 15.9. The second-order valence-corrected chi connectivity index (χ2v) is 5.77.